The van der Waals surface area contributed by atoms with Gasteiger partial charge in [0.15, 0.2) is 24.0 Å². The summed E-state index contributed by atoms with van der Waals surface area (Å²) >= 11 is 3.32. The predicted octanol–water partition coefficient (Wildman–Crippen LogP) is 1.80. The Hall–Kier alpha value is -3.32. The topological polar surface area (TPSA) is 135 Å². The largest absolute Gasteiger partial charge is 0.497 e. The van der Waals surface area contributed by atoms with E-state index in [1.165, 1.54) is 26.2 Å². The van der Waals surface area contributed by atoms with Crippen molar-refractivity contribution >= 4 is 39.6 Å². The fourth-order valence-electron chi connectivity index (χ4n) is 3.21. The number of rotatable bonds is 7. The fourth-order valence-corrected chi connectivity index (χ4v) is 3.85. The van der Waals surface area contributed by atoms with Gasteiger partial charge in [-0.25, -0.2) is 9.18 Å². The molecule has 1 fully saturated rings. The molecule has 1 saturated heterocycles. The lowest BCUT2D eigenvalue weighted by Crippen LogP contribution is -2.37. The Labute approximate surface area is 201 Å². The number of carbonyl (C=O) groups is 3. The van der Waals surface area contributed by atoms with Gasteiger partial charge in [0.2, 0.25) is 0 Å². The van der Waals surface area contributed by atoms with Crippen LogP contribution in [-0.4, -0.2) is 58.1 Å². The third kappa shape index (κ3) is 5.78. The second-order valence-corrected chi connectivity index (χ2v) is 8.25. The summed E-state index contributed by atoms with van der Waals surface area (Å²) in [6.07, 6.45) is -2.34. The van der Waals surface area contributed by atoms with Crippen LogP contribution in [0.5, 0.6) is 5.75 Å². The molecule has 1 aromatic heterocycles. The summed E-state index contributed by atoms with van der Waals surface area (Å²) in [7, 11) is 1.47. The predicted molar refractivity (Wildman–Crippen MR) is 118 cm³/mol. The van der Waals surface area contributed by atoms with Gasteiger partial charge < -0.3 is 24.3 Å². The van der Waals surface area contributed by atoms with Gasteiger partial charge in [0, 0.05) is 19.4 Å². The average Bonchev–Trinajstić information content (AvgIpc) is 3.09. The van der Waals surface area contributed by atoms with Crippen LogP contribution in [0.1, 0.15) is 30.4 Å². The average molecular weight is 542 g/mol. The van der Waals surface area contributed by atoms with Crippen molar-refractivity contribution in [1.82, 2.24) is 9.55 Å². The number of amides is 1. The van der Waals surface area contributed by atoms with E-state index in [9.17, 15) is 23.6 Å². The molecule has 1 aromatic carbocycles. The number of methoxy groups -OCH3 is 1. The van der Waals surface area contributed by atoms with Crippen molar-refractivity contribution in [2.24, 2.45) is 0 Å². The van der Waals surface area contributed by atoms with Crippen LogP contribution in [0.2, 0.25) is 0 Å². The van der Waals surface area contributed by atoms with Crippen LogP contribution in [0.25, 0.3) is 0 Å². The number of anilines is 1. The number of ether oxygens (including phenoxy) is 4. The number of nitrogens with zero attached hydrogens (tertiary/aromatic N) is 2. The van der Waals surface area contributed by atoms with E-state index >= 15 is 0 Å². The molecule has 0 saturated carbocycles. The molecule has 2 heterocycles. The lowest BCUT2D eigenvalue weighted by Gasteiger charge is -2.21. The van der Waals surface area contributed by atoms with Crippen molar-refractivity contribution in [3.63, 3.8) is 0 Å². The van der Waals surface area contributed by atoms with Crippen LogP contribution < -0.4 is 15.7 Å². The molecule has 34 heavy (non-hydrogen) atoms. The van der Waals surface area contributed by atoms with Gasteiger partial charge in [-0.3, -0.25) is 19.0 Å². The summed E-state index contributed by atoms with van der Waals surface area (Å²) in [4.78, 5) is 50.8. The van der Waals surface area contributed by atoms with Crippen molar-refractivity contribution in [1.29, 1.82) is 0 Å². The summed E-state index contributed by atoms with van der Waals surface area (Å²) in [5.41, 5.74) is -0.780. The Bertz CT molecular complexity index is 1140. The van der Waals surface area contributed by atoms with E-state index in [2.05, 4.69) is 26.2 Å². The first-order valence-corrected chi connectivity index (χ1v) is 10.9. The molecule has 1 N–H and O–H groups in total. The minimum absolute atomic E-state index is 0.190. The number of benzene rings is 1. The SMILES string of the molecule is COc1ccc(C(=O)Nc2nc(=O)n([C@@H]3O[C@H](COC(C)=O)[C@H](Br)[C@H]3OC(C)=O)cc2F)cc1. The molecule has 1 aliphatic rings. The molecule has 0 radical (unpaired) electrons. The Morgan fingerprint density at radius 2 is 1.88 bits per heavy atom. The molecule has 0 unspecified atom stereocenters. The monoisotopic (exact) mass is 541 g/mol. The van der Waals surface area contributed by atoms with Crippen LogP contribution in [0.3, 0.4) is 0 Å². The number of alkyl halides is 1. The molecule has 0 spiro atoms. The van der Waals surface area contributed by atoms with Gasteiger partial charge in [0.05, 0.1) is 18.1 Å². The Kier molecular flexibility index (Phi) is 7.99. The number of carbonyl (C=O) groups excluding carboxylic acids is 3. The lowest BCUT2D eigenvalue weighted by atomic mass is 10.2. The van der Waals surface area contributed by atoms with Crippen LogP contribution >= 0.6 is 15.9 Å². The second kappa shape index (κ2) is 10.7. The minimum atomic E-state index is -1.27. The smallest absolute Gasteiger partial charge is 0.351 e. The molecule has 182 valence electrons. The van der Waals surface area contributed by atoms with Gasteiger partial charge in [-0.1, -0.05) is 15.9 Å². The molecule has 13 heteroatoms. The highest BCUT2D eigenvalue weighted by Gasteiger charge is 2.47. The zero-order valence-electron chi connectivity index (χ0n) is 18.3. The van der Waals surface area contributed by atoms with Crippen LogP contribution in [0, 0.1) is 5.82 Å². The van der Waals surface area contributed by atoms with Gasteiger partial charge in [-0.05, 0) is 24.3 Å². The summed E-state index contributed by atoms with van der Waals surface area (Å²) < 4.78 is 36.6. The van der Waals surface area contributed by atoms with Crippen LogP contribution in [0.15, 0.2) is 35.3 Å². The Balaban J connectivity index is 1.85. The number of hydrogen-bond acceptors (Lipinski definition) is 9. The van der Waals surface area contributed by atoms with Crippen molar-refractivity contribution in [3.8, 4) is 5.75 Å². The van der Waals surface area contributed by atoms with E-state index in [-0.39, 0.29) is 12.2 Å². The maximum absolute atomic E-state index is 14.8. The molecule has 4 atom stereocenters. The molecule has 0 bridgehead atoms. The number of hydrogen-bond donors (Lipinski definition) is 1. The van der Waals surface area contributed by atoms with Crippen LogP contribution in [-0.2, 0) is 23.8 Å². The van der Waals surface area contributed by atoms with E-state index in [0.29, 0.717) is 5.75 Å². The highest BCUT2D eigenvalue weighted by Crippen LogP contribution is 2.36. The molecular weight excluding hydrogens is 521 g/mol. The number of nitrogens with one attached hydrogen (secondary N) is 1. The van der Waals surface area contributed by atoms with Crippen molar-refractivity contribution in [2.45, 2.75) is 37.1 Å². The molecule has 3 rings (SSSR count). The first-order valence-electron chi connectivity index (χ1n) is 9.95. The molecule has 0 aliphatic carbocycles. The van der Waals surface area contributed by atoms with E-state index < -0.39 is 58.4 Å². The normalized spacial score (nSPS) is 21.6. The first kappa shape index (κ1) is 25.3. The van der Waals surface area contributed by atoms with Gasteiger partial charge >= 0.3 is 17.6 Å². The van der Waals surface area contributed by atoms with E-state index in [1.54, 1.807) is 12.1 Å². The molecule has 1 aliphatic heterocycles. The van der Waals surface area contributed by atoms with Crippen LogP contribution in [0.4, 0.5) is 10.2 Å². The number of halogens is 2. The quantitative estimate of drug-likeness (QED) is 0.411. The molecular formula is C21H21BrFN3O8. The fraction of sp³-hybridized carbons (Fsp3) is 0.381. The maximum atomic E-state index is 14.8. The number of esters is 2. The van der Waals surface area contributed by atoms with E-state index in [4.69, 9.17) is 18.9 Å². The molecule has 2 aromatic rings. The second-order valence-electron chi connectivity index (χ2n) is 7.20. The van der Waals surface area contributed by atoms with Gasteiger partial charge in [0.1, 0.15) is 18.5 Å². The first-order chi connectivity index (χ1) is 16.1. The summed E-state index contributed by atoms with van der Waals surface area (Å²) in [6, 6.07) is 6.02. The Morgan fingerprint density at radius 3 is 2.47 bits per heavy atom. The minimum Gasteiger partial charge on any atom is -0.497 e. The van der Waals surface area contributed by atoms with Crippen molar-refractivity contribution in [2.75, 3.05) is 19.0 Å². The zero-order valence-corrected chi connectivity index (χ0v) is 19.9. The van der Waals surface area contributed by atoms with Gasteiger partial charge in [-0.15, -0.1) is 0 Å². The van der Waals surface area contributed by atoms with Crippen molar-refractivity contribution in [3.05, 3.63) is 52.3 Å². The summed E-state index contributed by atoms with van der Waals surface area (Å²) in [5.74, 6) is -3.00. The highest BCUT2D eigenvalue weighted by molar-refractivity contribution is 9.09. The third-order valence-corrected chi connectivity index (χ3v) is 5.89. The number of aromatic nitrogens is 2. The standard InChI is InChI=1S/C21H21BrFN3O8/c1-10(27)32-9-15-16(22)17(33-11(2)28)20(34-15)26-8-14(23)18(25-21(26)30)24-19(29)12-4-6-13(31-3)7-5-12/h4-8,15-17,20H,9H2,1-3H3,(H,24,25,29,30)/t15-,16+,17-,20-/m1/s1. The molecule has 11 nitrogen and oxygen atoms in total. The van der Waals surface area contributed by atoms with Crippen molar-refractivity contribution < 1.29 is 37.7 Å². The lowest BCUT2D eigenvalue weighted by molar-refractivity contribution is -0.153. The third-order valence-electron chi connectivity index (χ3n) is 4.78. The zero-order chi connectivity index (χ0) is 25.0. The maximum Gasteiger partial charge on any atom is 0.351 e. The van der Waals surface area contributed by atoms with E-state index in [0.717, 1.165) is 17.7 Å². The molecule has 1 amide bonds. The summed E-state index contributed by atoms with van der Waals surface area (Å²) in [6.45, 7) is 2.18. The highest BCUT2D eigenvalue weighted by atomic mass is 79.9. The Morgan fingerprint density at radius 1 is 1.21 bits per heavy atom. The summed E-state index contributed by atoms with van der Waals surface area (Å²) in [5, 5.41) is 2.24. The van der Waals surface area contributed by atoms with Gasteiger partial charge in [-0.2, -0.15) is 4.98 Å². The van der Waals surface area contributed by atoms with Gasteiger partial charge in [0.25, 0.3) is 5.91 Å². The van der Waals surface area contributed by atoms with E-state index in [1.807, 2.05) is 0 Å².